The molecule has 0 unspecified atom stereocenters. The molecule has 0 saturated heterocycles. The zero-order valence-corrected chi connectivity index (χ0v) is 18.3. The van der Waals surface area contributed by atoms with Gasteiger partial charge in [0, 0.05) is 0 Å². The topological polar surface area (TPSA) is 7.12 Å². The summed E-state index contributed by atoms with van der Waals surface area (Å²) in [6, 6.07) is 19.8. The first-order valence-electron chi connectivity index (χ1n) is 10.2. The van der Waals surface area contributed by atoms with Crippen molar-refractivity contribution in [3.63, 3.8) is 0 Å². The van der Waals surface area contributed by atoms with Crippen molar-refractivity contribution >= 4 is 42.1 Å². The van der Waals surface area contributed by atoms with Crippen LogP contribution in [0.1, 0.15) is 32.3 Å². The maximum absolute atomic E-state index is 2.45. The first kappa shape index (κ1) is 19.0. The second kappa shape index (κ2) is 8.77. The molecule has 0 spiro atoms. The van der Waals surface area contributed by atoms with Crippen LogP contribution < -0.4 is 13.9 Å². The Morgan fingerprint density at radius 3 is 2.68 bits per heavy atom. The number of rotatable bonds is 6. The Bertz CT molecular complexity index is 1040. The number of hydrogen-bond donors (Lipinski definition) is 0. The second-order valence-electron chi connectivity index (χ2n) is 7.01. The van der Waals surface area contributed by atoms with E-state index >= 15 is 0 Å². The molecule has 1 aliphatic rings. The molecule has 0 saturated carbocycles. The third kappa shape index (κ3) is 3.78. The van der Waals surface area contributed by atoms with E-state index in [1.54, 1.807) is 0 Å². The van der Waals surface area contributed by atoms with Crippen molar-refractivity contribution in [3.05, 3.63) is 83.1 Å². The SMILES string of the molecule is CCCC[n+]1ccc(/C=C/C=C2\[Se]c3ccccc3N2CC)c2ccccc21. The quantitative estimate of drug-likeness (QED) is 0.405. The molecule has 1 aromatic heterocycles. The van der Waals surface area contributed by atoms with E-state index in [4.69, 9.17) is 0 Å². The number of nitrogens with zero attached hydrogens (tertiary/aromatic N) is 2. The number of hydrogen-bond acceptors (Lipinski definition) is 1. The Kier molecular flexibility index (Phi) is 5.95. The van der Waals surface area contributed by atoms with Crippen molar-refractivity contribution < 1.29 is 4.57 Å². The summed E-state index contributed by atoms with van der Waals surface area (Å²) in [6.45, 7) is 6.58. The molecular formula is C25H27N2Se+. The fourth-order valence-electron chi connectivity index (χ4n) is 3.71. The number of para-hydroxylation sites is 2. The molecule has 0 radical (unpaired) electrons. The van der Waals surface area contributed by atoms with Crippen LogP contribution in [0.4, 0.5) is 5.69 Å². The number of anilines is 1. The number of benzene rings is 2. The number of aryl methyl sites for hydroxylation is 1. The van der Waals surface area contributed by atoms with Crippen LogP contribution in [-0.4, -0.2) is 21.5 Å². The molecule has 3 heteroatoms. The molecule has 0 fully saturated rings. The van der Waals surface area contributed by atoms with Gasteiger partial charge >= 0.3 is 174 Å². The van der Waals surface area contributed by atoms with Crippen molar-refractivity contribution in [2.75, 3.05) is 11.4 Å². The van der Waals surface area contributed by atoms with Crippen LogP contribution in [-0.2, 0) is 6.54 Å². The third-order valence-electron chi connectivity index (χ3n) is 5.18. The molecule has 0 N–H and O–H groups in total. The Balaban J connectivity index is 1.62. The van der Waals surface area contributed by atoms with Crippen LogP contribution in [0.15, 0.2) is 77.5 Å². The van der Waals surface area contributed by atoms with Crippen LogP contribution in [0, 0.1) is 0 Å². The Labute approximate surface area is 174 Å². The van der Waals surface area contributed by atoms with E-state index in [1.165, 1.54) is 44.1 Å². The molecule has 142 valence electrons. The molecule has 28 heavy (non-hydrogen) atoms. The molecule has 3 aromatic rings. The first-order chi connectivity index (χ1) is 13.8. The summed E-state index contributed by atoms with van der Waals surface area (Å²) < 4.78 is 5.30. The van der Waals surface area contributed by atoms with Gasteiger partial charge in [-0.2, -0.15) is 0 Å². The summed E-state index contributed by atoms with van der Waals surface area (Å²) in [6.07, 6.45) is 11.4. The van der Waals surface area contributed by atoms with Crippen molar-refractivity contribution in [2.45, 2.75) is 33.2 Å². The van der Waals surface area contributed by atoms with Gasteiger partial charge in [0.1, 0.15) is 0 Å². The molecule has 2 aromatic carbocycles. The predicted octanol–water partition coefficient (Wildman–Crippen LogP) is 4.65. The average Bonchev–Trinajstić information content (AvgIpc) is 3.10. The van der Waals surface area contributed by atoms with Gasteiger partial charge in [-0.25, -0.2) is 0 Å². The molecule has 2 heterocycles. The van der Waals surface area contributed by atoms with Crippen molar-refractivity contribution in [1.29, 1.82) is 0 Å². The third-order valence-corrected chi connectivity index (χ3v) is 7.55. The van der Waals surface area contributed by atoms with Gasteiger partial charge in [0.2, 0.25) is 0 Å². The first-order valence-corrected chi connectivity index (χ1v) is 11.9. The standard InChI is InChI=1S/C25H27N2Se/c1-3-5-18-26-19-17-20(21-12-6-7-13-22(21)26)11-10-16-25-27(4-2)23-14-8-9-15-24(23)28-25/h6-17,19H,3-5,18H2,1-2H3/q+1. The monoisotopic (exact) mass is 435 g/mol. The van der Waals surface area contributed by atoms with Crippen LogP contribution in [0.25, 0.3) is 17.0 Å². The van der Waals surface area contributed by atoms with E-state index in [2.05, 4.69) is 102 Å². The average molecular weight is 434 g/mol. The molecular weight excluding hydrogens is 407 g/mol. The summed E-state index contributed by atoms with van der Waals surface area (Å²) in [4.78, 5) is 2.45. The van der Waals surface area contributed by atoms with Gasteiger partial charge in [0.05, 0.1) is 0 Å². The van der Waals surface area contributed by atoms with E-state index in [-0.39, 0.29) is 0 Å². The molecule has 1 aliphatic heterocycles. The molecule has 0 atom stereocenters. The van der Waals surface area contributed by atoms with E-state index < -0.39 is 0 Å². The van der Waals surface area contributed by atoms with Gasteiger partial charge in [0.15, 0.2) is 0 Å². The van der Waals surface area contributed by atoms with Gasteiger partial charge in [-0.3, -0.25) is 0 Å². The van der Waals surface area contributed by atoms with Gasteiger partial charge in [-0.15, -0.1) is 0 Å². The summed E-state index contributed by atoms with van der Waals surface area (Å²) >= 11 is 0.388. The normalized spacial score (nSPS) is 15.1. The fraction of sp³-hybridized carbons (Fsp3) is 0.240. The number of allylic oxidation sites excluding steroid dienone is 2. The Morgan fingerprint density at radius 2 is 1.82 bits per heavy atom. The fourth-order valence-corrected chi connectivity index (χ4v) is 6.10. The van der Waals surface area contributed by atoms with E-state index in [1.807, 2.05) is 0 Å². The van der Waals surface area contributed by atoms with Crippen LogP contribution in [0.3, 0.4) is 0 Å². The zero-order valence-electron chi connectivity index (χ0n) is 16.6. The molecule has 2 nitrogen and oxygen atoms in total. The van der Waals surface area contributed by atoms with Gasteiger partial charge in [-0.1, -0.05) is 0 Å². The summed E-state index contributed by atoms with van der Waals surface area (Å²) in [5.41, 5.74) is 3.98. The van der Waals surface area contributed by atoms with Gasteiger partial charge in [-0.05, 0) is 0 Å². The second-order valence-corrected chi connectivity index (χ2v) is 9.24. The predicted molar refractivity (Wildman–Crippen MR) is 121 cm³/mol. The van der Waals surface area contributed by atoms with Gasteiger partial charge in [0.25, 0.3) is 0 Å². The zero-order chi connectivity index (χ0) is 19.3. The van der Waals surface area contributed by atoms with Gasteiger partial charge < -0.3 is 0 Å². The van der Waals surface area contributed by atoms with Crippen LogP contribution in [0.5, 0.6) is 0 Å². The Hall–Kier alpha value is -2.35. The van der Waals surface area contributed by atoms with E-state index in [9.17, 15) is 0 Å². The minimum absolute atomic E-state index is 0.388. The Morgan fingerprint density at radius 1 is 1.00 bits per heavy atom. The summed E-state index contributed by atoms with van der Waals surface area (Å²) in [7, 11) is 0. The maximum atomic E-state index is 2.45. The summed E-state index contributed by atoms with van der Waals surface area (Å²) in [5.74, 6) is 0. The van der Waals surface area contributed by atoms with Crippen molar-refractivity contribution in [2.24, 2.45) is 0 Å². The van der Waals surface area contributed by atoms with E-state index in [0.717, 1.165) is 13.1 Å². The molecule has 4 rings (SSSR count). The van der Waals surface area contributed by atoms with E-state index in [0.29, 0.717) is 15.0 Å². The number of fused-ring (bicyclic) bond motifs is 2. The molecule has 0 aliphatic carbocycles. The number of pyridine rings is 1. The number of aromatic nitrogens is 1. The number of unbranched alkanes of at least 4 members (excludes halogenated alkanes) is 1. The minimum atomic E-state index is 0.388. The molecule has 0 amide bonds. The molecule has 0 bridgehead atoms. The summed E-state index contributed by atoms with van der Waals surface area (Å²) in [5, 5.41) is 1.32. The van der Waals surface area contributed by atoms with Crippen molar-refractivity contribution in [3.8, 4) is 0 Å². The van der Waals surface area contributed by atoms with Crippen LogP contribution in [0.2, 0.25) is 0 Å². The van der Waals surface area contributed by atoms with Crippen molar-refractivity contribution in [1.82, 2.24) is 0 Å². The van der Waals surface area contributed by atoms with Crippen LogP contribution >= 0.6 is 0 Å².